The fraction of sp³-hybridized carbons (Fsp3) is 0.267. The van der Waals surface area contributed by atoms with E-state index in [1.807, 2.05) is 6.92 Å². The molecular formula is C15H16N3O4S-. The van der Waals surface area contributed by atoms with Crippen LogP contribution < -0.4 is 14.6 Å². The lowest BCUT2D eigenvalue weighted by molar-refractivity contribution is -0.297. The van der Waals surface area contributed by atoms with Crippen molar-refractivity contribution in [1.82, 2.24) is 15.2 Å². The van der Waals surface area contributed by atoms with Gasteiger partial charge in [-0.2, -0.15) is 0 Å². The molecule has 0 radical (unpaired) electrons. The molecule has 0 aliphatic heterocycles. The van der Waals surface area contributed by atoms with E-state index >= 15 is 0 Å². The number of thioether (sulfide) groups is 1. The first-order valence-electron chi connectivity index (χ1n) is 6.82. The number of methoxy groups -OCH3 is 2. The summed E-state index contributed by atoms with van der Waals surface area (Å²) in [4.78, 5) is 15.5. The summed E-state index contributed by atoms with van der Waals surface area (Å²) in [6.45, 7) is 1.92. The lowest BCUT2D eigenvalue weighted by atomic mass is 10.1. The molecule has 0 saturated carbocycles. The maximum atomic E-state index is 11.4. The highest BCUT2D eigenvalue weighted by atomic mass is 32.2. The quantitative estimate of drug-likeness (QED) is 0.601. The van der Waals surface area contributed by atoms with Crippen LogP contribution in [0.15, 0.2) is 28.3 Å². The highest BCUT2D eigenvalue weighted by molar-refractivity contribution is 8.04. The molecule has 2 rings (SSSR count). The summed E-state index contributed by atoms with van der Waals surface area (Å²) >= 11 is 0.910. The van der Waals surface area contributed by atoms with E-state index in [0.29, 0.717) is 34.5 Å². The molecule has 0 atom stereocenters. The number of carbonyl (C=O) groups excluding carboxylic acids is 1. The Kier molecular flexibility index (Phi) is 5.64. The van der Waals surface area contributed by atoms with Crippen LogP contribution in [-0.2, 0) is 11.2 Å². The third kappa shape index (κ3) is 4.04. The van der Waals surface area contributed by atoms with Crippen molar-refractivity contribution in [3.8, 4) is 11.5 Å². The first-order chi connectivity index (χ1) is 11.1. The van der Waals surface area contributed by atoms with Gasteiger partial charge in [-0.3, -0.25) is 5.10 Å². The van der Waals surface area contributed by atoms with Gasteiger partial charge < -0.3 is 19.4 Å². The number of hydrogen-bond donors (Lipinski definition) is 1. The standard InChI is InChI=1S/C15H17N3O4S/c1-4-12-16-15(18-17-12)23-11(14(19)20)8-9-6-5-7-10(21-2)13(9)22-3/h5-8H,4H2,1-3H3,(H,19,20)(H,16,17,18)/p-1/b11-8-. The number of carbonyl (C=O) groups is 1. The lowest BCUT2D eigenvalue weighted by Crippen LogP contribution is -2.23. The number of aromatic amines is 1. The van der Waals surface area contributed by atoms with Crippen molar-refractivity contribution in [2.24, 2.45) is 0 Å². The van der Waals surface area contributed by atoms with Gasteiger partial charge in [-0.25, -0.2) is 4.98 Å². The van der Waals surface area contributed by atoms with Gasteiger partial charge in [0.15, 0.2) is 11.5 Å². The molecule has 1 N–H and O–H groups in total. The molecule has 0 bridgehead atoms. The van der Waals surface area contributed by atoms with Crippen LogP contribution in [0.3, 0.4) is 0 Å². The van der Waals surface area contributed by atoms with Gasteiger partial charge in [-0.05, 0) is 23.9 Å². The number of carboxylic acids is 1. The summed E-state index contributed by atoms with van der Waals surface area (Å²) < 4.78 is 10.5. The lowest BCUT2D eigenvalue weighted by Gasteiger charge is -2.12. The van der Waals surface area contributed by atoms with Crippen molar-refractivity contribution < 1.29 is 19.4 Å². The summed E-state index contributed by atoms with van der Waals surface area (Å²) in [6, 6.07) is 5.19. The van der Waals surface area contributed by atoms with E-state index in [1.165, 1.54) is 20.3 Å². The molecule has 1 aromatic heterocycles. The number of aliphatic carboxylic acids is 1. The Labute approximate surface area is 137 Å². The fourth-order valence-corrected chi connectivity index (χ4v) is 2.59. The molecule has 0 spiro atoms. The smallest absolute Gasteiger partial charge is 0.213 e. The van der Waals surface area contributed by atoms with Gasteiger partial charge in [0.2, 0.25) is 5.16 Å². The molecule has 0 unspecified atom stereocenters. The zero-order valence-corrected chi connectivity index (χ0v) is 13.8. The number of aryl methyl sites for hydroxylation is 1. The number of H-pyrrole nitrogens is 1. The van der Waals surface area contributed by atoms with E-state index in [1.54, 1.807) is 18.2 Å². The fourth-order valence-electron chi connectivity index (χ4n) is 1.88. The van der Waals surface area contributed by atoms with E-state index in [0.717, 1.165) is 11.8 Å². The van der Waals surface area contributed by atoms with E-state index in [4.69, 9.17) is 9.47 Å². The summed E-state index contributed by atoms with van der Waals surface area (Å²) in [5, 5.41) is 18.4. The van der Waals surface area contributed by atoms with E-state index < -0.39 is 5.97 Å². The predicted octanol–water partition coefficient (Wildman–Crippen LogP) is 1.27. The number of hydrogen-bond acceptors (Lipinski definition) is 7. The van der Waals surface area contributed by atoms with E-state index in [9.17, 15) is 9.90 Å². The van der Waals surface area contributed by atoms with Crippen molar-refractivity contribution >= 4 is 23.8 Å². The Balaban J connectivity index is 2.37. The van der Waals surface area contributed by atoms with Crippen molar-refractivity contribution in [3.63, 3.8) is 0 Å². The molecule has 1 heterocycles. The second-order valence-electron chi connectivity index (χ2n) is 4.40. The molecule has 8 heteroatoms. The Hall–Kier alpha value is -2.48. The average molecular weight is 334 g/mol. The van der Waals surface area contributed by atoms with Crippen molar-refractivity contribution in [3.05, 3.63) is 34.5 Å². The molecule has 0 amide bonds. The summed E-state index contributed by atoms with van der Waals surface area (Å²) in [5.41, 5.74) is 0.560. The number of para-hydroxylation sites is 1. The van der Waals surface area contributed by atoms with Crippen LogP contribution in [0.2, 0.25) is 0 Å². The monoisotopic (exact) mass is 334 g/mol. The van der Waals surface area contributed by atoms with Crippen LogP contribution in [0.25, 0.3) is 6.08 Å². The molecule has 1 aromatic carbocycles. The topological polar surface area (TPSA) is 100 Å². The molecule has 122 valence electrons. The molecule has 7 nitrogen and oxygen atoms in total. The third-order valence-corrected chi connectivity index (χ3v) is 3.84. The number of rotatable bonds is 7. The largest absolute Gasteiger partial charge is 0.544 e. The second kappa shape index (κ2) is 7.68. The average Bonchev–Trinajstić information content (AvgIpc) is 3.01. The number of benzene rings is 1. The van der Waals surface area contributed by atoms with Crippen molar-refractivity contribution in [2.45, 2.75) is 18.5 Å². The third-order valence-electron chi connectivity index (χ3n) is 2.97. The minimum absolute atomic E-state index is 0.0294. The molecule has 0 aliphatic rings. The van der Waals surface area contributed by atoms with Gasteiger partial charge >= 0.3 is 0 Å². The van der Waals surface area contributed by atoms with Gasteiger partial charge in [-0.1, -0.05) is 19.1 Å². The summed E-state index contributed by atoms with van der Waals surface area (Å²) in [5.74, 6) is 0.320. The van der Waals surface area contributed by atoms with Gasteiger partial charge in [0, 0.05) is 16.9 Å². The molecule has 0 saturated heterocycles. The Morgan fingerprint density at radius 2 is 2.17 bits per heavy atom. The Morgan fingerprint density at radius 3 is 2.74 bits per heavy atom. The number of nitrogens with one attached hydrogen (secondary N) is 1. The zero-order chi connectivity index (χ0) is 16.8. The molecular weight excluding hydrogens is 318 g/mol. The Morgan fingerprint density at radius 1 is 1.39 bits per heavy atom. The van der Waals surface area contributed by atoms with Gasteiger partial charge in [0.05, 0.1) is 20.2 Å². The van der Waals surface area contributed by atoms with Crippen LogP contribution in [0.4, 0.5) is 0 Å². The highest BCUT2D eigenvalue weighted by Gasteiger charge is 2.12. The van der Waals surface area contributed by atoms with E-state index in [-0.39, 0.29) is 4.91 Å². The van der Waals surface area contributed by atoms with Crippen LogP contribution >= 0.6 is 11.8 Å². The minimum atomic E-state index is -1.32. The SMILES string of the molecule is CCc1nc(S/C(=C\c2cccc(OC)c2OC)C(=O)[O-])n[nH]1. The summed E-state index contributed by atoms with van der Waals surface area (Å²) in [6.07, 6.45) is 2.13. The summed E-state index contributed by atoms with van der Waals surface area (Å²) in [7, 11) is 3.00. The Bertz CT molecular complexity index is 727. The second-order valence-corrected chi connectivity index (χ2v) is 5.41. The predicted molar refractivity (Wildman–Crippen MR) is 84.1 cm³/mol. The molecule has 0 aliphatic carbocycles. The number of carboxylic acid groups (broad SMARTS) is 1. The van der Waals surface area contributed by atoms with Crippen molar-refractivity contribution in [1.29, 1.82) is 0 Å². The number of aromatic nitrogens is 3. The van der Waals surface area contributed by atoms with Crippen LogP contribution in [0, 0.1) is 0 Å². The molecule has 2 aromatic rings. The maximum Gasteiger partial charge on any atom is 0.213 e. The zero-order valence-electron chi connectivity index (χ0n) is 13.0. The van der Waals surface area contributed by atoms with Gasteiger partial charge in [0.1, 0.15) is 5.82 Å². The van der Waals surface area contributed by atoms with Crippen LogP contribution in [-0.4, -0.2) is 35.4 Å². The van der Waals surface area contributed by atoms with Crippen LogP contribution in [0.5, 0.6) is 11.5 Å². The normalized spacial score (nSPS) is 11.3. The van der Waals surface area contributed by atoms with Gasteiger partial charge in [-0.15, -0.1) is 5.10 Å². The number of ether oxygens (including phenoxy) is 2. The molecule has 0 fully saturated rings. The van der Waals surface area contributed by atoms with E-state index in [2.05, 4.69) is 15.2 Å². The first kappa shape index (κ1) is 16.9. The maximum absolute atomic E-state index is 11.4. The molecule has 23 heavy (non-hydrogen) atoms. The first-order valence-corrected chi connectivity index (χ1v) is 7.63. The number of nitrogens with zero attached hydrogens (tertiary/aromatic N) is 2. The minimum Gasteiger partial charge on any atom is -0.544 e. The van der Waals surface area contributed by atoms with Gasteiger partial charge in [0.25, 0.3) is 0 Å². The highest BCUT2D eigenvalue weighted by Crippen LogP contribution is 2.34. The van der Waals surface area contributed by atoms with Crippen LogP contribution in [0.1, 0.15) is 18.3 Å². The van der Waals surface area contributed by atoms with Crippen molar-refractivity contribution in [2.75, 3.05) is 14.2 Å².